The highest BCUT2D eigenvalue weighted by atomic mass is 16.5. The fraction of sp³-hybridized carbons (Fsp3) is 0.652. The number of aromatic nitrogens is 4. The van der Waals surface area contributed by atoms with Crippen molar-refractivity contribution < 1.29 is 14.1 Å². The number of anilines is 3. The van der Waals surface area contributed by atoms with Gasteiger partial charge in [-0.1, -0.05) is 18.0 Å². The number of piperazine rings is 1. The summed E-state index contributed by atoms with van der Waals surface area (Å²) in [5, 5.41) is 4.24. The zero-order valence-corrected chi connectivity index (χ0v) is 20.3. The second kappa shape index (κ2) is 8.84. The molecule has 0 atom stereocenters. The first-order chi connectivity index (χ1) is 16.3. The molecule has 2 amide bonds. The van der Waals surface area contributed by atoms with Crippen LogP contribution in [0.3, 0.4) is 0 Å². The van der Waals surface area contributed by atoms with Gasteiger partial charge in [0.05, 0.1) is 6.54 Å². The number of hydrogen-bond acceptors (Lipinski definition) is 9. The Kier molecular flexibility index (Phi) is 5.86. The summed E-state index contributed by atoms with van der Waals surface area (Å²) in [4.78, 5) is 46.6. The zero-order valence-electron chi connectivity index (χ0n) is 20.3. The molecule has 2 aliphatic heterocycles. The Labute approximate surface area is 199 Å². The van der Waals surface area contributed by atoms with Crippen LogP contribution in [0, 0.1) is 0 Å². The summed E-state index contributed by atoms with van der Waals surface area (Å²) in [6.45, 7) is 8.42. The largest absolute Gasteiger partial charge is 0.339 e. The van der Waals surface area contributed by atoms with Gasteiger partial charge in [-0.05, 0) is 26.7 Å². The van der Waals surface area contributed by atoms with E-state index in [2.05, 4.69) is 10.1 Å². The lowest BCUT2D eigenvalue weighted by Crippen LogP contribution is -2.48. The molecule has 0 radical (unpaired) electrons. The van der Waals surface area contributed by atoms with Crippen molar-refractivity contribution in [3.05, 3.63) is 17.1 Å². The number of carbonyl (C=O) groups is 2. The van der Waals surface area contributed by atoms with Crippen molar-refractivity contribution in [2.24, 2.45) is 0 Å². The smallest absolute Gasteiger partial charge is 0.329 e. The van der Waals surface area contributed by atoms with Crippen LogP contribution in [0.25, 0.3) is 0 Å². The van der Waals surface area contributed by atoms with Crippen molar-refractivity contribution in [2.75, 3.05) is 43.0 Å². The van der Waals surface area contributed by atoms with Gasteiger partial charge in [0.2, 0.25) is 11.9 Å². The second-order valence-corrected chi connectivity index (χ2v) is 9.67. The van der Waals surface area contributed by atoms with Crippen LogP contribution in [-0.4, -0.2) is 81.0 Å². The molecule has 0 unspecified atom stereocenters. The molecule has 2 aromatic rings. The van der Waals surface area contributed by atoms with Gasteiger partial charge in [0.15, 0.2) is 5.82 Å². The molecule has 5 rings (SSSR count). The molecule has 11 heteroatoms. The van der Waals surface area contributed by atoms with Gasteiger partial charge in [0.1, 0.15) is 11.5 Å². The molecule has 3 aliphatic rings. The molecule has 34 heavy (non-hydrogen) atoms. The number of nitrogens with zero attached hydrogens (tertiary/aromatic N) is 8. The zero-order chi connectivity index (χ0) is 24.0. The predicted octanol–water partition coefficient (Wildman–Crippen LogP) is 2.32. The van der Waals surface area contributed by atoms with E-state index in [4.69, 9.17) is 14.5 Å². The first-order valence-electron chi connectivity index (χ1n) is 12.1. The molecule has 2 aromatic heterocycles. The molecule has 0 aromatic carbocycles. The molecule has 1 saturated carbocycles. The van der Waals surface area contributed by atoms with E-state index in [9.17, 15) is 9.59 Å². The SMILES string of the molecule is CC(=O)N1CCN(c2nc3c(c(N(C)c4nc(C5CCCC5)no4)n2)CN(C(C)C)C3=O)CC1. The van der Waals surface area contributed by atoms with Crippen molar-refractivity contribution in [3.8, 4) is 0 Å². The normalized spacial score (nSPS) is 18.9. The van der Waals surface area contributed by atoms with Crippen molar-refractivity contribution in [1.29, 1.82) is 0 Å². The maximum absolute atomic E-state index is 13.2. The van der Waals surface area contributed by atoms with E-state index in [1.54, 1.807) is 16.7 Å². The highest BCUT2D eigenvalue weighted by Gasteiger charge is 2.37. The lowest BCUT2D eigenvalue weighted by Gasteiger charge is -2.34. The van der Waals surface area contributed by atoms with E-state index in [-0.39, 0.29) is 17.9 Å². The van der Waals surface area contributed by atoms with Crippen LogP contribution < -0.4 is 9.80 Å². The molecule has 2 fully saturated rings. The topological polar surface area (TPSA) is 112 Å². The van der Waals surface area contributed by atoms with E-state index < -0.39 is 0 Å². The second-order valence-electron chi connectivity index (χ2n) is 9.67. The molecular formula is C23H32N8O3. The number of hydrogen-bond donors (Lipinski definition) is 0. The number of carbonyl (C=O) groups excluding carboxylic acids is 2. The molecule has 0 N–H and O–H groups in total. The van der Waals surface area contributed by atoms with Gasteiger partial charge in [-0.2, -0.15) is 9.97 Å². The summed E-state index contributed by atoms with van der Waals surface area (Å²) in [5.41, 5.74) is 1.19. The number of fused-ring (bicyclic) bond motifs is 1. The molecule has 11 nitrogen and oxygen atoms in total. The van der Waals surface area contributed by atoms with Gasteiger partial charge in [-0.3, -0.25) is 14.5 Å². The third kappa shape index (κ3) is 3.97. The maximum Gasteiger partial charge on any atom is 0.329 e. The fourth-order valence-electron chi connectivity index (χ4n) is 5.02. The van der Waals surface area contributed by atoms with E-state index >= 15 is 0 Å². The summed E-state index contributed by atoms with van der Waals surface area (Å²) >= 11 is 0. The molecule has 1 aliphatic carbocycles. The minimum atomic E-state index is -0.0946. The van der Waals surface area contributed by atoms with Crippen LogP contribution in [-0.2, 0) is 11.3 Å². The van der Waals surface area contributed by atoms with E-state index in [1.165, 1.54) is 12.8 Å². The Morgan fingerprint density at radius 3 is 2.44 bits per heavy atom. The van der Waals surface area contributed by atoms with E-state index in [1.807, 2.05) is 30.7 Å². The van der Waals surface area contributed by atoms with Crippen molar-refractivity contribution in [2.45, 2.75) is 65.0 Å². The van der Waals surface area contributed by atoms with Gasteiger partial charge in [0.25, 0.3) is 5.91 Å². The lowest BCUT2D eigenvalue weighted by molar-refractivity contribution is -0.129. The van der Waals surface area contributed by atoms with Crippen LogP contribution in [0.15, 0.2) is 4.52 Å². The van der Waals surface area contributed by atoms with Crippen molar-refractivity contribution in [3.63, 3.8) is 0 Å². The van der Waals surface area contributed by atoms with Crippen LogP contribution in [0.4, 0.5) is 17.8 Å². The summed E-state index contributed by atoms with van der Waals surface area (Å²) < 4.78 is 5.63. The van der Waals surface area contributed by atoms with Gasteiger partial charge < -0.3 is 19.2 Å². The third-order valence-corrected chi connectivity index (χ3v) is 7.15. The number of amides is 2. The molecule has 182 valence electrons. The maximum atomic E-state index is 13.2. The Morgan fingerprint density at radius 2 is 1.79 bits per heavy atom. The predicted molar refractivity (Wildman–Crippen MR) is 125 cm³/mol. The van der Waals surface area contributed by atoms with Crippen LogP contribution in [0.2, 0.25) is 0 Å². The summed E-state index contributed by atoms with van der Waals surface area (Å²) in [5.74, 6) is 2.14. The van der Waals surface area contributed by atoms with Gasteiger partial charge in [-0.15, -0.1) is 0 Å². The Balaban J connectivity index is 1.49. The Bertz CT molecular complexity index is 1090. The standard InChI is InChI=1S/C23H32N8O3/c1-14(2)31-13-17-18(21(31)33)24-22(30-11-9-29(10-12-30)15(3)32)26-20(17)28(4)23-25-19(27-34-23)16-7-5-6-8-16/h14,16H,5-13H2,1-4H3. The summed E-state index contributed by atoms with van der Waals surface area (Å²) in [7, 11) is 1.84. The minimum Gasteiger partial charge on any atom is -0.339 e. The summed E-state index contributed by atoms with van der Waals surface area (Å²) in [6, 6.07) is 0.408. The highest BCUT2D eigenvalue weighted by Crippen LogP contribution is 2.36. The molecule has 0 spiro atoms. The van der Waals surface area contributed by atoms with E-state index in [0.29, 0.717) is 62.1 Å². The van der Waals surface area contributed by atoms with Gasteiger partial charge >= 0.3 is 6.01 Å². The van der Waals surface area contributed by atoms with Crippen LogP contribution >= 0.6 is 0 Å². The molecular weight excluding hydrogens is 436 g/mol. The first kappa shape index (κ1) is 22.5. The van der Waals surface area contributed by atoms with Crippen LogP contribution in [0.1, 0.15) is 74.2 Å². The Hall–Kier alpha value is -3.24. The van der Waals surface area contributed by atoms with Crippen LogP contribution in [0.5, 0.6) is 0 Å². The minimum absolute atomic E-state index is 0.0415. The fourth-order valence-corrected chi connectivity index (χ4v) is 5.02. The monoisotopic (exact) mass is 468 g/mol. The average Bonchev–Trinajstić information content (AvgIpc) is 3.58. The highest BCUT2D eigenvalue weighted by molar-refractivity contribution is 5.98. The van der Waals surface area contributed by atoms with Crippen molar-refractivity contribution >= 4 is 29.6 Å². The first-order valence-corrected chi connectivity index (χ1v) is 12.1. The van der Waals surface area contributed by atoms with Gasteiger partial charge in [-0.25, -0.2) is 4.98 Å². The third-order valence-electron chi connectivity index (χ3n) is 7.15. The molecule has 4 heterocycles. The van der Waals surface area contributed by atoms with Gasteiger partial charge in [0, 0.05) is 57.7 Å². The van der Waals surface area contributed by atoms with E-state index in [0.717, 1.165) is 24.2 Å². The summed E-state index contributed by atoms with van der Waals surface area (Å²) in [6.07, 6.45) is 4.55. The molecule has 0 bridgehead atoms. The quantitative estimate of drug-likeness (QED) is 0.652. The number of rotatable bonds is 5. The average molecular weight is 469 g/mol. The lowest BCUT2D eigenvalue weighted by atomic mass is 10.1. The Morgan fingerprint density at radius 1 is 1.09 bits per heavy atom. The molecule has 1 saturated heterocycles. The van der Waals surface area contributed by atoms with Crippen molar-refractivity contribution in [1.82, 2.24) is 29.9 Å².